The molecule has 0 fully saturated rings. The molecule has 1 aromatic heterocycles. The maximum absolute atomic E-state index is 4.48. The molecule has 0 aromatic carbocycles. The summed E-state index contributed by atoms with van der Waals surface area (Å²) in [6, 6.07) is 0.610. The topological polar surface area (TPSA) is 29.9 Å². The normalized spacial score (nSPS) is 13.4. The highest BCUT2D eigenvalue weighted by molar-refractivity contribution is 5.24. The molecular formula is C14H27N3. The van der Waals surface area contributed by atoms with Crippen LogP contribution in [-0.2, 0) is 13.5 Å². The van der Waals surface area contributed by atoms with Crippen LogP contribution in [0.4, 0.5) is 0 Å². The van der Waals surface area contributed by atoms with Crippen LogP contribution in [0.1, 0.15) is 44.1 Å². The van der Waals surface area contributed by atoms with Gasteiger partial charge in [0, 0.05) is 18.8 Å². The van der Waals surface area contributed by atoms with E-state index in [1.54, 1.807) is 0 Å². The second-order valence-electron chi connectivity index (χ2n) is 5.22. The van der Waals surface area contributed by atoms with Gasteiger partial charge in [-0.25, -0.2) is 0 Å². The van der Waals surface area contributed by atoms with Crippen molar-refractivity contribution in [3.05, 3.63) is 17.0 Å². The molecule has 0 saturated heterocycles. The van der Waals surface area contributed by atoms with Gasteiger partial charge in [0.25, 0.3) is 0 Å². The highest BCUT2D eigenvalue weighted by atomic mass is 15.3. The van der Waals surface area contributed by atoms with Crippen molar-refractivity contribution >= 4 is 0 Å². The first-order chi connectivity index (χ1) is 7.97. The number of hydrogen-bond acceptors (Lipinski definition) is 2. The fraction of sp³-hybridized carbons (Fsp3) is 0.786. The van der Waals surface area contributed by atoms with Gasteiger partial charge in [-0.3, -0.25) is 4.68 Å². The summed E-state index contributed by atoms with van der Waals surface area (Å²) in [5.41, 5.74) is 3.92. The van der Waals surface area contributed by atoms with E-state index in [0.29, 0.717) is 12.0 Å². The Labute approximate surface area is 106 Å². The second kappa shape index (κ2) is 6.20. The molecule has 3 nitrogen and oxygen atoms in total. The quantitative estimate of drug-likeness (QED) is 0.824. The first-order valence-corrected chi connectivity index (χ1v) is 6.69. The Bertz CT molecular complexity index is 353. The van der Waals surface area contributed by atoms with Gasteiger partial charge in [0.2, 0.25) is 0 Å². The van der Waals surface area contributed by atoms with E-state index in [1.807, 2.05) is 11.7 Å². The first kappa shape index (κ1) is 14.2. The van der Waals surface area contributed by atoms with Gasteiger partial charge in [-0.1, -0.05) is 20.8 Å². The molecule has 1 unspecified atom stereocenters. The first-order valence-electron chi connectivity index (χ1n) is 6.69. The minimum atomic E-state index is 0.610. The smallest absolute Gasteiger partial charge is 0.0628 e. The van der Waals surface area contributed by atoms with Crippen LogP contribution in [0.15, 0.2) is 0 Å². The van der Waals surface area contributed by atoms with E-state index < -0.39 is 0 Å². The van der Waals surface area contributed by atoms with Crippen molar-refractivity contribution in [1.82, 2.24) is 15.1 Å². The molecule has 17 heavy (non-hydrogen) atoms. The van der Waals surface area contributed by atoms with Crippen LogP contribution in [-0.4, -0.2) is 22.4 Å². The second-order valence-corrected chi connectivity index (χ2v) is 5.22. The van der Waals surface area contributed by atoms with E-state index in [2.05, 4.69) is 45.0 Å². The zero-order valence-corrected chi connectivity index (χ0v) is 12.2. The molecule has 1 aromatic rings. The van der Waals surface area contributed by atoms with E-state index in [9.17, 15) is 0 Å². The van der Waals surface area contributed by atoms with Crippen molar-refractivity contribution in [2.45, 2.75) is 53.5 Å². The lowest BCUT2D eigenvalue weighted by molar-refractivity contribution is 0.385. The summed E-state index contributed by atoms with van der Waals surface area (Å²) >= 11 is 0. The molecule has 1 rings (SSSR count). The zero-order valence-electron chi connectivity index (χ0n) is 12.2. The number of aryl methyl sites for hydroxylation is 2. The Balaban J connectivity index is 2.65. The minimum Gasteiger partial charge on any atom is -0.314 e. The lowest BCUT2D eigenvalue weighted by atomic mass is 9.96. The molecule has 0 spiro atoms. The van der Waals surface area contributed by atoms with Crippen molar-refractivity contribution in [2.24, 2.45) is 13.0 Å². The third kappa shape index (κ3) is 3.56. The van der Waals surface area contributed by atoms with Gasteiger partial charge in [-0.2, -0.15) is 5.10 Å². The summed E-state index contributed by atoms with van der Waals surface area (Å²) in [5, 5.41) is 8.05. The molecule has 0 amide bonds. The van der Waals surface area contributed by atoms with Gasteiger partial charge >= 0.3 is 0 Å². The standard InChI is InChI=1S/C14H27N3/c1-7-15-14(10(2)3)9-8-13-11(4)16-17(6)12(13)5/h10,14-15H,7-9H2,1-6H3. The molecular weight excluding hydrogens is 210 g/mol. The largest absolute Gasteiger partial charge is 0.314 e. The summed E-state index contributed by atoms with van der Waals surface area (Å²) in [6.07, 6.45) is 2.32. The predicted octanol–water partition coefficient (Wildman–Crippen LogP) is 2.60. The molecule has 3 heteroatoms. The number of rotatable bonds is 6. The predicted molar refractivity (Wildman–Crippen MR) is 73.3 cm³/mol. The molecule has 0 aliphatic carbocycles. The van der Waals surface area contributed by atoms with Gasteiger partial charge < -0.3 is 5.32 Å². The van der Waals surface area contributed by atoms with Crippen LogP contribution in [0.5, 0.6) is 0 Å². The van der Waals surface area contributed by atoms with Crippen molar-refractivity contribution < 1.29 is 0 Å². The number of aromatic nitrogens is 2. The molecule has 0 radical (unpaired) electrons. The maximum atomic E-state index is 4.48. The van der Waals surface area contributed by atoms with Gasteiger partial charge in [-0.05, 0) is 44.7 Å². The Morgan fingerprint density at radius 1 is 1.29 bits per heavy atom. The lowest BCUT2D eigenvalue weighted by Gasteiger charge is -2.21. The van der Waals surface area contributed by atoms with E-state index in [-0.39, 0.29) is 0 Å². The van der Waals surface area contributed by atoms with Crippen LogP contribution in [0.3, 0.4) is 0 Å². The number of nitrogens with one attached hydrogen (secondary N) is 1. The Morgan fingerprint density at radius 3 is 2.35 bits per heavy atom. The van der Waals surface area contributed by atoms with Crippen LogP contribution in [0.25, 0.3) is 0 Å². The molecule has 1 N–H and O–H groups in total. The number of hydrogen-bond donors (Lipinski definition) is 1. The zero-order chi connectivity index (χ0) is 13.0. The Kier molecular flexibility index (Phi) is 5.19. The summed E-state index contributed by atoms with van der Waals surface area (Å²) in [4.78, 5) is 0. The van der Waals surface area contributed by atoms with Crippen LogP contribution in [0, 0.1) is 19.8 Å². The highest BCUT2D eigenvalue weighted by Crippen LogP contribution is 2.17. The molecule has 0 aliphatic heterocycles. The van der Waals surface area contributed by atoms with E-state index in [1.165, 1.54) is 23.4 Å². The fourth-order valence-corrected chi connectivity index (χ4v) is 2.41. The average Bonchev–Trinajstić information content (AvgIpc) is 2.49. The Morgan fingerprint density at radius 2 is 1.94 bits per heavy atom. The van der Waals surface area contributed by atoms with Gasteiger partial charge in [0.05, 0.1) is 5.69 Å². The van der Waals surface area contributed by atoms with E-state index in [4.69, 9.17) is 0 Å². The van der Waals surface area contributed by atoms with Gasteiger partial charge in [0.15, 0.2) is 0 Å². The van der Waals surface area contributed by atoms with E-state index in [0.717, 1.165) is 13.0 Å². The summed E-state index contributed by atoms with van der Waals surface area (Å²) in [5.74, 6) is 0.687. The summed E-state index contributed by atoms with van der Waals surface area (Å²) in [7, 11) is 2.02. The van der Waals surface area contributed by atoms with Crippen LogP contribution >= 0.6 is 0 Å². The maximum Gasteiger partial charge on any atom is 0.0628 e. The monoisotopic (exact) mass is 237 g/mol. The van der Waals surface area contributed by atoms with Gasteiger partial charge in [0.1, 0.15) is 0 Å². The Hall–Kier alpha value is -0.830. The minimum absolute atomic E-state index is 0.610. The molecule has 0 aliphatic rings. The highest BCUT2D eigenvalue weighted by Gasteiger charge is 2.15. The molecule has 0 bridgehead atoms. The SMILES string of the molecule is CCNC(CCc1c(C)nn(C)c1C)C(C)C. The molecule has 98 valence electrons. The van der Waals surface area contributed by atoms with Gasteiger partial charge in [-0.15, -0.1) is 0 Å². The molecule has 0 saturated carbocycles. The van der Waals surface area contributed by atoms with Crippen LogP contribution in [0.2, 0.25) is 0 Å². The average molecular weight is 237 g/mol. The summed E-state index contributed by atoms with van der Waals surface area (Å²) in [6.45, 7) is 12.1. The summed E-state index contributed by atoms with van der Waals surface area (Å²) < 4.78 is 1.99. The molecule has 1 heterocycles. The third-order valence-corrected chi connectivity index (χ3v) is 3.64. The van der Waals surface area contributed by atoms with Crippen molar-refractivity contribution in [3.8, 4) is 0 Å². The lowest BCUT2D eigenvalue weighted by Crippen LogP contribution is -2.34. The third-order valence-electron chi connectivity index (χ3n) is 3.64. The fourth-order valence-electron chi connectivity index (χ4n) is 2.41. The number of nitrogens with zero attached hydrogens (tertiary/aromatic N) is 2. The van der Waals surface area contributed by atoms with Crippen molar-refractivity contribution in [3.63, 3.8) is 0 Å². The van der Waals surface area contributed by atoms with E-state index >= 15 is 0 Å². The molecule has 1 atom stereocenters. The van der Waals surface area contributed by atoms with Crippen molar-refractivity contribution in [2.75, 3.05) is 6.54 Å². The van der Waals surface area contributed by atoms with Crippen LogP contribution < -0.4 is 5.32 Å². The van der Waals surface area contributed by atoms with Crippen molar-refractivity contribution in [1.29, 1.82) is 0 Å².